The summed E-state index contributed by atoms with van der Waals surface area (Å²) in [4.78, 5) is 0. The Labute approximate surface area is 83.3 Å². The summed E-state index contributed by atoms with van der Waals surface area (Å²) in [6, 6.07) is 0. The molecule has 0 aromatic rings. The fraction of sp³-hybridized carbons (Fsp3) is 1.00. The van der Waals surface area contributed by atoms with Gasteiger partial charge in [-0.25, -0.2) is 0 Å². The van der Waals surface area contributed by atoms with Crippen LogP contribution in [0, 0.1) is 0 Å². The van der Waals surface area contributed by atoms with Crippen LogP contribution in [0.1, 0.15) is 20.8 Å². The van der Waals surface area contributed by atoms with Gasteiger partial charge in [-0.3, -0.25) is 0 Å². The average molecular weight is 387 g/mol. The molecule has 0 aliphatic carbocycles. The molecule has 0 unspecified atom stereocenters. The molecule has 0 aromatic carbocycles. The van der Waals surface area contributed by atoms with Gasteiger partial charge in [0.1, 0.15) is 0 Å². The van der Waals surface area contributed by atoms with Crippen molar-refractivity contribution in [2.45, 2.75) is 20.8 Å². The van der Waals surface area contributed by atoms with Gasteiger partial charge in [-0.1, -0.05) is 0 Å². The summed E-state index contributed by atoms with van der Waals surface area (Å²) in [5.74, 6) is 0. The van der Waals surface area contributed by atoms with Gasteiger partial charge in [0.25, 0.3) is 0 Å². The molecule has 0 spiro atoms. The van der Waals surface area contributed by atoms with Crippen LogP contribution in [0.3, 0.4) is 0 Å². The van der Waals surface area contributed by atoms with Crippen LogP contribution in [0.5, 0.6) is 0 Å². The first-order chi connectivity index (χ1) is 5.46. The first-order valence-corrected chi connectivity index (χ1v) is 15.8. The Balaban J connectivity index is 4.31. The van der Waals surface area contributed by atoms with Gasteiger partial charge in [-0.05, 0) is 0 Å². The van der Waals surface area contributed by atoms with Crippen molar-refractivity contribution in [3.63, 3.8) is 0 Å². The summed E-state index contributed by atoms with van der Waals surface area (Å²) in [7, 11) is 12.0. The van der Waals surface area contributed by atoms with E-state index in [0.717, 1.165) is 0 Å². The summed E-state index contributed by atoms with van der Waals surface area (Å²) in [5.41, 5.74) is 0. The van der Waals surface area contributed by atoms with Crippen molar-refractivity contribution in [3.05, 3.63) is 0 Å². The van der Waals surface area contributed by atoms with E-state index in [4.69, 9.17) is 28.1 Å². The van der Waals surface area contributed by atoms with Crippen LogP contribution in [0.15, 0.2) is 0 Å². The first-order valence-electron chi connectivity index (χ1n) is 3.87. The zero-order chi connectivity index (χ0) is 9.69. The Morgan fingerprint density at radius 1 is 0.833 bits per heavy atom. The Morgan fingerprint density at radius 2 is 1.08 bits per heavy atom. The maximum absolute atomic E-state index is 6.01. The predicted octanol–water partition coefficient (Wildman–Crippen LogP) is 2.84. The van der Waals surface area contributed by atoms with Crippen LogP contribution in [-0.2, 0) is 24.6 Å². The zero-order valence-electron chi connectivity index (χ0n) is 7.55. The second-order valence-corrected chi connectivity index (χ2v) is 20.7. The molecule has 0 aromatic heterocycles. The molecule has 0 aliphatic rings. The fourth-order valence-electron chi connectivity index (χ4n) is 0.721. The van der Waals surface area contributed by atoms with Crippen LogP contribution in [0.4, 0.5) is 0 Å². The van der Waals surface area contributed by atoms with Crippen molar-refractivity contribution in [1.82, 2.24) is 0 Å². The molecule has 3 nitrogen and oxygen atoms in total. The normalized spacial score (nSPS) is 15.6. The van der Waals surface area contributed by atoms with Crippen LogP contribution in [0.25, 0.3) is 0 Å². The van der Waals surface area contributed by atoms with Crippen molar-refractivity contribution in [2.24, 2.45) is 0 Å². The summed E-state index contributed by atoms with van der Waals surface area (Å²) < 4.78 is 15.6. The zero-order valence-corrected chi connectivity index (χ0v) is 12.3. The molecule has 0 heterocycles. The Bertz CT molecular complexity index is 119. The predicted molar refractivity (Wildman–Crippen MR) is 46.6 cm³/mol. The molecule has 76 valence electrons. The number of rotatable bonds is 6. The third kappa shape index (κ3) is 4.44. The van der Waals surface area contributed by atoms with Crippen molar-refractivity contribution in [3.8, 4) is 0 Å². The van der Waals surface area contributed by atoms with Crippen molar-refractivity contribution >= 4 is 18.4 Å². The van der Waals surface area contributed by atoms with E-state index in [1.54, 1.807) is 20.8 Å². The number of hydrogen-bond donors (Lipinski definition) is 0. The standard InChI is InChI=1S/3C2H5O.2ClH.Ta/c3*1-2-3;;;/h3*2H2,1H3;2*1H;/q3*-1;;;+5/p-2. The second-order valence-electron chi connectivity index (χ2n) is 1.95. The van der Waals surface area contributed by atoms with E-state index in [9.17, 15) is 0 Å². The Hall–Kier alpha value is 1.20. The van der Waals surface area contributed by atoms with E-state index in [0.29, 0.717) is 19.8 Å². The third-order valence-electron chi connectivity index (χ3n) is 0.996. The topological polar surface area (TPSA) is 27.7 Å². The van der Waals surface area contributed by atoms with Gasteiger partial charge < -0.3 is 0 Å². The minimum atomic E-state index is -4.69. The monoisotopic (exact) mass is 386 g/mol. The molecule has 0 bridgehead atoms. The van der Waals surface area contributed by atoms with Crippen LogP contribution in [-0.4, -0.2) is 19.8 Å². The molecule has 0 amide bonds. The minimum absolute atomic E-state index is 0.403. The van der Waals surface area contributed by atoms with Crippen LogP contribution >= 0.6 is 18.4 Å². The van der Waals surface area contributed by atoms with E-state index in [1.807, 2.05) is 0 Å². The van der Waals surface area contributed by atoms with E-state index < -0.39 is 14.8 Å². The molecule has 0 radical (unpaired) electrons. The van der Waals surface area contributed by atoms with Gasteiger partial charge in [-0.2, -0.15) is 0 Å². The number of halogens is 2. The molecule has 0 fully saturated rings. The third-order valence-corrected chi connectivity index (χ3v) is 12.9. The number of hydrogen-bond acceptors (Lipinski definition) is 3. The molecular formula is C6H15Cl2O3Ta. The van der Waals surface area contributed by atoms with Crippen molar-refractivity contribution in [2.75, 3.05) is 19.8 Å². The van der Waals surface area contributed by atoms with Crippen LogP contribution < -0.4 is 0 Å². The molecule has 12 heavy (non-hydrogen) atoms. The summed E-state index contributed by atoms with van der Waals surface area (Å²) >= 11 is -4.69. The second kappa shape index (κ2) is 5.17. The summed E-state index contributed by atoms with van der Waals surface area (Å²) in [5, 5.41) is 0. The quantitative estimate of drug-likeness (QED) is 0.702. The van der Waals surface area contributed by atoms with E-state index in [-0.39, 0.29) is 0 Å². The molecule has 6 heteroatoms. The SMILES string of the molecule is CC[O][Ta]([Cl])([Cl])([O]CC)[O]CC. The van der Waals surface area contributed by atoms with Gasteiger partial charge in [0.05, 0.1) is 0 Å². The summed E-state index contributed by atoms with van der Waals surface area (Å²) in [6.45, 7) is 6.62. The van der Waals surface area contributed by atoms with Gasteiger partial charge in [-0.15, -0.1) is 0 Å². The van der Waals surface area contributed by atoms with E-state index >= 15 is 0 Å². The maximum atomic E-state index is 6.01. The van der Waals surface area contributed by atoms with E-state index in [2.05, 4.69) is 0 Å². The molecular weight excluding hydrogens is 372 g/mol. The van der Waals surface area contributed by atoms with Gasteiger partial charge in [0.15, 0.2) is 0 Å². The first kappa shape index (κ1) is 13.2. The average Bonchev–Trinajstić information content (AvgIpc) is 1.86. The van der Waals surface area contributed by atoms with Crippen LogP contribution in [0.2, 0.25) is 0 Å². The van der Waals surface area contributed by atoms with E-state index in [1.165, 1.54) is 0 Å². The van der Waals surface area contributed by atoms with Crippen molar-refractivity contribution < 1.29 is 24.6 Å². The molecule has 0 aliphatic heterocycles. The fourth-order valence-corrected chi connectivity index (χ4v) is 10.7. The van der Waals surface area contributed by atoms with Gasteiger partial charge in [0, 0.05) is 0 Å². The molecule has 0 N–H and O–H groups in total. The summed E-state index contributed by atoms with van der Waals surface area (Å²) in [6.07, 6.45) is 0. The molecule has 0 saturated heterocycles. The Morgan fingerprint density at radius 3 is 1.25 bits per heavy atom. The molecule has 0 saturated carbocycles. The molecule has 0 atom stereocenters. The Kier molecular flexibility index (Phi) is 5.69. The molecule has 0 rings (SSSR count). The van der Waals surface area contributed by atoms with Gasteiger partial charge >= 0.3 is 83.5 Å². The van der Waals surface area contributed by atoms with Crippen molar-refractivity contribution in [1.29, 1.82) is 0 Å². The van der Waals surface area contributed by atoms with Gasteiger partial charge in [0.2, 0.25) is 0 Å².